The first-order chi connectivity index (χ1) is 13.5. The second-order valence-corrected chi connectivity index (χ2v) is 9.35. The Labute approximate surface area is 179 Å². The van der Waals surface area contributed by atoms with Crippen LogP contribution in [0.5, 0.6) is 5.75 Å². The van der Waals surface area contributed by atoms with Gasteiger partial charge in [0.25, 0.3) is 0 Å². The predicted molar refractivity (Wildman–Crippen MR) is 113 cm³/mol. The van der Waals surface area contributed by atoms with Crippen LogP contribution in [-0.4, -0.2) is 29.7 Å². The van der Waals surface area contributed by atoms with Crippen LogP contribution >= 0.6 is 11.6 Å². The minimum atomic E-state index is -0.581. The van der Waals surface area contributed by atoms with Crippen molar-refractivity contribution in [1.29, 1.82) is 0 Å². The van der Waals surface area contributed by atoms with E-state index in [1.165, 1.54) is 0 Å². The van der Waals surface area contributed by atoms with Crippen molar-refractivity contribution in [3.05, 3.63) is 29.3 Å². The number of carbonyl (C=O) groups is 2. The molecule has 0 N–H and O–H groups in total. The van der Waals surface area contributed by atoms with Gasteiger partial charge in [-0.15, -0.1) is 0 Å². The molecule has 0 saturated heterocycles. The molecule has 162 valence electrons. The molecule has 0 unspecified atom stereocenters. The quantitative estimate of drug-likeness (QED) is 0.510. The van der Waals surface area contributed by atoms with Gasteiger partial charge in [0.2, 0.25) is 0 Å². The van der Waals surface area contributed by atoms with E-state index in [0.29, 0.717) is 16.7 Å². The number of ether oxygens (including phenoxy) is 3. The zero-order chi connectivity index (χ0) is 21.6. The summed E-state index contributed by atoms with van der Waals surface area (Å²) in [5.74, 6) is -0.419. The largest absolute Gasteiger partial charge is 0.486 e. The molecule has 0 aliphatic heterocycles. The first kappa shape index (κ1) is 23.5. The van der Waals surface area contributed by atoms with Gasteiger partial charge in [0, 0.05) is 5.02 Å². The maximum atomic E-state index is 12.6. The predicted octanol–water partition coefficient (Wildman–Crippen LogP) is 5.58. The van der Waals surface area contributed by atoms with Gasteiger partial charge in [0.1, 0.15) is 23.6 Å². The van der Waals surface area contributed by atoms with Crippen molar-refractivity contribution in [2.24, 2.45) is 11.8 Å². The van der Waals surface area contributed by atoms with Crippen molar-refractivity contribution in [2.75, 3.05) is 0 Å². The highest BCUT2D eigenvalue weighted by molar-refractivity contribution is 6.30. The third-order valence-corrected chi connectivity index (χ3v) is 5.23. The fraction of sp³-hybridized carbons (Fsp3) is 0.652. The van der Waals surface area contributed by atoms with Crippen molar-refractivity contribution in [3.8, 4) is 5.75 Å². The molecule has 1 fully saturated rings. The zero-order valence-corrected chi connectivity index (χ0v) is 18.8. The third kappa shape index (κ3) is 7.88. The number of benzene rings is 1. The number of esters is 2. The molecule has 0 spiro atoms. The third-order valence-electron chi connectivity index (χ3n) is 4.99. The van der Waals surface area contributed by atoms with E-state index < -0.39 is 29.6 Å². The molecule has 6 heteroatoms. The lowest BCUT2D eigenvalue weighted by Crippen LogP contribution is -2.40. The summed E-state index contributed by atoms with van der Waals surface area (Å²) in [6.07, 6.45) is 3.68. The summed E-state index contributed by atoms with van der Waals surface area (Å²) in [7, 11) is 0. The molecule has 0 heterocycles. The van der Waals surface area contributed by atoms with Crippen LogP contribution in [0.2, 0.25) is 5.02 Å². The van der Waals surface area contributed by atoms with E-state index >= 15 is 0 Å². The Balaban J connectivity index is 1.99. The van der Waals surface area contributed by atoms with Crippen molar-refractivity contribution in [3.63, 3.8) is 0 Å². The molecule has 1 aliphatic carbocycles. The fourth-order valence-corrected chi connectivity index (χ4v) is 3.82. The van der Waals surface area contributed by atoms with Crippen LogP contribution in [0.4, 0.5) is 0 Å². The van der Waals surface area contributed by atoms with Gasteiger partial charge in [0.05, 0.1) is 12.3 Å². The van der Waals surface area contributed by atoms with E-state index in [9.17, 15) is 9.59 Å². The molecule has 3 atom stereocenters. The molecule has 0 amide bonds. The summed E-state index contributed by atoms with van der Waals surface area (Å²) in [4.78, 5) is 24.6. The lowest BCUT2D eigenvalue weighted by molar-refractivity contribution is -0.166. The summed E-state index contributed by atoms with van der Waals surface area (Å²) in [5, 5.41) is 0.600. The summed E-state index contributed by atoms with van der Waals surface area (Å²) < 4.78 is 17.2. The van der Waals surface area contributed by atoms with E-state index in [2.05, 4.69) is 0 Å². The highest BCUT2D eigenvalue weighted by Gasteiger charge is 2.34. The molecule has 1 saturated carbocycles. The van der Waals surface area contributed by atoms with Crippen LogP contribution in [0.25, 0.3) is 0 Å². The fourth-order valence-electron chi connectivity index (χ4n) is 3.64. The van der Waals surface area contributed by atoms with Gasteiger partial charge in [-0.1, -0.05) is 37.4 Å². The Kier molecular flexibility index (Phi) is 8.38. The lowest BCUT2D eigenvalue weighted by atomic mass is 9.96. The van der Waals surface area contributed by atoms with Crippen molar-refractivity contribution >= 4 is 23.5 Å². The van der Waals surface area contributed by atoms with Crippen LogP contribution in [-0.2, 0) is 19.1 Å². The lowest BCUT2D eigenvalue weighted by Gasteiger charge is -2.30. The van der Waals surface area contributed by atoms with Crippen molar-refractivity contribution in [1.82, 2.24) is 0 Å². The van der Waals surface area contributed by atoms with E-state index in [1.807, 2.05) is 19.1 Å². The molecule has 0 aromatic heterocycles. The van der Waals surface area contributed by atoms with Crippen LogP contribution < -0.4 is 4.74 Å². The second kappa shape index (κ2) is 10.3. The van der Waals surface area contributed by atoms with Crippen LogP contribution in [0.15, 0.2) is 24.3 Å². The standard InChI is InChI=1S/C23H33ClO5/c1-15(13-20(25)29-23(3,4)5)22(26)27-16(2)21(17-9-6-7-10-17)28-19-12-8-11-18(24)14-19/h8,11-12,14-17,21H,6-7,9-10,13H2,1-5H3/t15-,16+,21+/m1/s1. The van der Waals surface area contributed by atoms with Gasteiger partial charge >= 0.3 is 11.9 Å². The number of rotatable bonds is 8. The maximum absolute atomic E-state index is 12.6. The number of halogens is 1. The van der Waals surface area contributed by atoms with E-state index in [1.54, 1.807) is 39.8 Å². The zero-order valence-electron chi connectivity index (χ0n) is 18.1. The highest BCUT2D eigenvalue weighted by atomic mass is 35.5. The molecule has 1 aromatic carbocycles. The smallest absolute Gasteiger partial charge is 0.309 e. The molecule has 5 nitrogen and oxygen atoms in total. The summed E-state index contributed by atoms with van der Waals surface area (Å²) >= 11 is 6.08. The minimum absolute atomic E-state index is 0.00787. The van der Waals surface area contributed by atoms with Crippen LogP contribution in [0.1, 0.15) is 66.7 Å². The van der Waals surface area contributed by atoms with Gasteiger partial charge in [-0.2, -0.15) is 0 Å². The molecule has 1 aromatic rings. The number of hydrogen-bond acceptors (Lipinski definition) is 5. The highest BCUT2D eigenvalue weighted by Crippen LogP contribution is 2.33. The van der Waals surface area contributed by atoms with Crippen LogP contribution in [0, 0.1) is 11.8 Å². The molecule has 1 aliphatic rings. The molecule has 2 rings (SSSR count). The monoisotopic (exact) mass is 424 g/mol. The van der Waals surface area contributed by atoms with Gasteiger partial charge in [-0.3, -0.25) is 9.59 Å². The van der Waals surface area contributed by atoms with Gasteiger partial charge in [-0.25, -0.2) is 0 Å². The van der Waals surface area contributed by atoms with Crippen LogP contribution in [0.3, 0.4) is 0 Å². The molecular weight excluding hydrogens is 392 g/mol. The van der Waals surface area contributed by atoms with E-state index in [4.69, 9.17) is 25.8 Å². The Morgan fingerprint density at radius 2 is 1.83 bits per heavy atom. The van der Waals surface area contributed by atoms with Gasteiger partial charge < -0.3 is 14.2 Å². The average Bonchev–Trinajstić information content (AvgIpc) is 3.12. The SMILES string of the molecule is C[C@H](CC(=O)OC(C)(C)C)C(=O)O[C@@H](C)[C@H](Oc1cccc(Cl)c1)C1CCCC1. The topological polar surface area (TPSA) is 61.8 Å². The Morgan fingerprint density at radius 1 is 1.17 bits per heavy atom. The first-order valence-electron chi connectivity index (χ1n) is 10.4. The Morgan fingerprint density at radius 3 is 2.41 bits per heavy atom. The summed E-state index contributed by atoms with van der Waals surface area (Å²) in [5.41, 5.74) is -0.577. The van der Waals surface area contributed by atoms with Gasteiger partial charge in [0.15, 0.2) is 0 Å². The van der Waals surface area contributed by atoms with E-state index in [0.717, 1.165) is 25.7 Å². The molecular formula is C23H33ClO5. The maximum Gasteiger partial charge on any atom is 0.309 e. The Bertz CT molecular complexity index is 691. The number of hydrogen-bond donors (Lipinski definition) is 0. The normalized spacial score (nSPS) is 18.0. The minimum Gasteiger partial charge on any atom is -0.486 e. The summed E-state index contributed by atoms with van der Waals surface area (Å²) in [6.45, 7) is 8.94. The molecule has 29 heavy (non-hydrogen) atoms. The van der Waals surface area contributed by atoms with Crippen molar-refractivity contribution < 1.29 is 23.8 Å². The van der Waals surface area contributed by atoms with E-state index in [-0.39, 0.29) is 12.5 Å². The second-order valence-electron chi connectivity index (χ2n) is 8.92. The molecule has 0 bridgehead atoms. The molecule has 0 radical (unpaired) electrons. The number of carbonyl (C=O) groups excluding carboxylic acids is 2. The first-order valence-corrected chi connectivity index (χ1v) is 10.8. The summed E-state index contributed by atoms with van der Waals surface area (Å²) in [6, 6.07) is 7.25. The van der Waals surface area contributed by atoms with Crippen molar-refractivity contribution in [2.45, 2.75) is 84.5 Å². The average molecular weight is 425 g/mol. The Hall–Kier alpha value is -1.75. The van der Waals surface area contributed by atoms with Gasteiger partial charge in [-0.05, 0) is 64.7 Å².